The number of nitrogens with one attached hydrogen (secondary N) is 1. The molecule has 0 spiro atoms. The van der Waals surface area contributed by atoms with Gasteiger partial charge in [-0.2, -0.15) is 0 Å². The fourth-order valence-electron chi connectivity index (χ4n) is 3.05. The Labute approximate surface area is 156 Å². The van der Waals surface area contributed by atoms with Crippen molar-refractivity contribution in [3.63, 3.8) is 0 Å². The Morgan fingerprint density at radius 2 is 1.92 bits per heavy atom. The summed E-state index contributed by atoms with van der Waals surface area (Å²) in [6, 6.07) is 13.7. The summed E-state index contributed by atoms with van der Waals surface area (Å²) >= 11 is 3.32. The summed E-state index contributed by atoms with van der Waals surface area (Å²) in [5.41, 5.74) is 0.844. The Morgan fingerprint density at radius 1 is 1.15 bits per heavy atom. The van der Waals surface area contributed by atoms with Crippen LogP contribution in [-0.2, 0) is 4.74 Å². The molecule has 1 aliphatic rings. The number of nitrogens with zero attached hydrogens (tertiary/aromatic N) is 1. The molecule has 1 saturated heterocycles. The van der Waals surface area contributed by atoms with E-state index in [0.717, 1.165) is 14.9 Å². The molecule has 0 radical (unpaired) electrons. The molecule has 0 aliphatic carbocycles. The number of ether oxygens (including phenoxy) is 1. The summed E-state index contributed by atoms with van der Waals surface area (Å²) in [6.45, 7) is 0.0611. The molecule has 1 fully saturated rings. The van der Waals surface area contributed by atoms with Gasteiger partial charge in [0.1, 0.15) is 18.2 Å². The minimum absolute atomic E-state index is 0.0611. The largest absolute Gasteiger partial charge is 0.446 e. The van der Waals surface area contributed by atoms with Crippen molar-refractivity contribution in [2.24, 2.45) is 0 Å². The van der Waals surface area contributed by atoms with Crippen molar-refractivity contribution >= 4 is 38.8 Å². The SMILES string of the molecule is O=C1OCC(c2ccccc2)N1C(=O)c1c[nH]c2ccc(Br)cc2c1=O. The van der Waals surface area contributed by atoms with E-state index in [1.165, 1.54) is 6.20 Å². The fraction of sp³-hybridized carbons (Fsp3) is 0.105. The van der Waals surface area contributed by atoms with Gasteiger partial charge in [0.15, 0.2) is 0 Å². The highest BCUT2D eigenvalue weighted by molar-refractivity contribution is 9.10. The number of aromatic nitrogens is 1. The zero-order valence-electron chi connectivity index (χ0n) is 13.4. The van der Waals surface area contributed by atoms with E-state index in [4.69, 9.17) is 4.74 Å². The lowest BCUT2D eigenvalue weighted by Gasteiger charge is -2.19. The van der Waals surface area contributed by atoms with Gasteiger partial charge in [0.2, 0.25) is 5.43 Å². The highest BCUT2D eigenvalue weighted by atomic mass is 79.9. The number of pyridine rings is 1. The molecule has 4 rings (SSSR count). The minimum Gasteiger partial charge on any atom is -0.446 e. The van der Waals surface area contributed by atoms with Crippen LogP contribution in [0.4, 0.5) is 4.79 Å². The molecule has 1 aliphatic heterocycles. The molecule has 0 bridgehead atoms. The second kappa shape index (κ2) is 6.42. The first kappa shape index (κ1) is 16.5. The summed E-state index contributed by atoms with van der Waals surface area (Å²) < 4.78 is 5.79. The Balaban J connectivity index is 1.79. The van der Waals surface area contributed by atoms with Gasteiger partial charge in [-0.3, -0.25) is 9.59 Å². The number of carbonyl (C=O) groups is 2. The van der Waals surface area contributed by atoms with Crippen LogP contribution in [0, 0.1) is 0 Å². The molecule has 0 saturated carbocycles. The second-order valence-corrected chi connectivity index (χ2v) is 6.82. The number of carbonyl (C=O) groups excluding carboxylic acids is 2. The zero-order chi connectivity index (χ0) is 18.3. The molecule has 2 aromatic carbocycles. The van der Waals surface area contributed by atoms with E-state index in [1.54, 1.807) is 18.2 Å². The van der Waals surface area contributed by atoms with E-state index in [1.807, 2.05) is 30.3 Å². The molecule has 1 atom stereocenters. The average molecular weight is 413 g/mol. The van der Waals surface area contributed by atoms with Gasteiger partial charge in [0, 0.05) is 21.6 Å². The third-order valence-electron chi connectivity index (χ3n) is 4.35. The summed E-state index contributed by atoms with van der Waals surface area (Å²) in [5.74, 6) is -0.676. The smallest absolute Gasteiger partial charge is 0.417 e. The molecule has 26 heavy (non-hydrogen) atoms. The number of imide groups is 1. The number of halogens is 1. The van der Waals surface area contributed by atoms with Crippen LogP contribution in [-0.4, -0.2) is 28.5 Å². The van der Waals surface area contributed by atoms with Crippen molar-refractivity contribution in [2.45, 2.75) is 6.04 Å². The molecule has 2 heterocycles. The number of H-pyrrole nitrogens is 1. The van der Waals surface area contributed by atoms with Crippen LogP contribution in [0.5, 0.6) is 0 Å². The Bertz CT molecular complexity index is 1080. The van der Waals surface area contributed by atoms with Gasteiger partial charge in [-0.1, -0.05) is 46.3 Å². The third kappa shape index (κ3) is 2.70. The van der Waals surface area contributed by atoms with E-state index in [9.17, 15) is 14.4 Å². The molecule has 6 nitrogen and oxygen atoms in total. The number of hydrogen-bond donors (Lipinski definition) is 1. The van der Waals surface area contributed by atoms with Crippen LogP contribution in [0.2, 0.25) is 0 Å². The van der Waals surface area contributed by atoms with Crippen molar-refractivity contribution in [1.82, 2.24) is 9.88 Å². The first-order chi connectivity index (χ1) is 12.6. The van der Waals surface area contributed by atoms with Crippen molar-refractivity contribution in [3.05, 3.63) is 80.6 Å². The summed E-state index contributed by atoms with van der Waals surface area (Å²) in [7, 11) is 0. The Kier molecular flexibility index (Phi) is 4.08. The molecular weight excluding hydrogens is 400 g/mol. The maximum Gasteiger partial charge on any atom is 0.417 e. The summed E-state index contributed by atoms with van der Waals surface area (Å²) in [4.78, 5) is 41.9. The van der Waals surface area contributed by atoms with Crippen LogP contribution in [0.25, 0.3) is 10.9 Å². The quantitative estimate of drug-likeness (QED) is 0.696. The van der Waals surface area contributed by atoms with E-state index >= 15 is 0 Å². The lowest BCUT2D eigenvalue weighted by atomic mass is 10.1. The van der Waals surface area contributed by atoms with Crippen LogP contribution in [0.1, 0.15) is 22.0 Å². The first-order valence-corrected chi connectivity index (χ1v) is 8.72. The topological polar surface area (TPSA) is 79.5 Å². The number of cyclic esters (lactones) is 1. The number of benzene rings is 2. The highest BCUT2D eigenvalue weighted by Gasteiger charge is 2.40. The maximum absolute atomic E-state index is 13.0. The van der Waals surface area contributed by atoms with Crippen molar-refractivity contribution in [3.8, 4) is 0 Å². The number of rotatable bonds is 2. The maximum atomic E-state index is 13.0. The van der Waals surface area contributed by atoms with Crippen molar-refractivity contribution in [2.75, 3.05) is 6.61 Å². The lowest BCUT2D eigenvalue weighted by Crippen LogP contribution is -2.37. The van der Waals surface area contributed by atoms with E-state index in [2.05, 4.69) is 20.9 Å². The number of hydrogen-bond acceptors (Lipinski definition) is 4. The van der Waals surface area contributed by atoms with Gasteiger partial charge in [0.25, 0.3) is 5.91 Å². The second-order valence-electron chi connectivity index (χ2n) is 5.90. The van der Waals surface area contributed by atoms with E-state index < -0.39 is 23.5 Å². The monoisotopic (exact) mass is 412 g/mol. The zero-order valence-corrected chi connectivity index (χ0v) is 15.0. The molecular formula is C19H13BrN2O4. The number of fused-ring (bicyclic) bond motifs is 1. The Morgan fingerprint density at radius 3 is 2.69 bits per heavy atom. The molecule has 1 N–H and O–H groups in total. The molecule has 1 aromatic heterocycles. The molecule has 7 heteroatoms. The standard InChI is InChI=1S/C19H13BrN2O4/c20-12-6-7-15-13(8-12)17(23)14(9-21-15)18(24)22-16(10-26-19(22)25)11-4-2-1-3-5-11/h1-9,16H,10H2,(H,21,23). The van der Waals surface area contributed by atoms with Crippen molar-refractivity contribution in [1.29, 1.82) is 0 Å². The minimum atomic E-state index is -0.752. The van der Waals surface area contributed by atoms with Gasteiger partial charge in [0.05, 0.1) is 0 Å². The van der Waals surface area contributed by atoms with E-state index in [0.29, 0.717) is 10.9 Å². The summed E-state index contributed by atoms with van der Waals surface area (Å²) in [6.07, 6.45) is 0.590. The highest BCUT2D eigenvalue weighted by Crippen LogP contribution is 2.29. The van der Waals surface area contributed by atoms with Gasteiger partial charge >= 0.3 is 6.09 Å². The Hall–Kier alpha value is -2.93. The van der Waals surface area contributed by atoms with Crippen LogP contribution >= 0.6 is 15.9 Å². The third-order valence-corrected chi connectivity index (χ3v) is 4.84. The van der Waals surface area contributed by atoms with Gasteiger partial charge < -0.3 is 9.72 Å². The average Bonchev–Trinajstić information content (AvgIpc) is 3.04. The number of aromatic amines is 1. The lowest BCUT2D eigenvalue weighted by molar-refractivity contribution is 0.0772. The van der Waals surface area contributed by atoms with Crippen LogP contribution in [0.3, 0.4) is 0 Å². The predicted octanol–water partition coefficient (Wildman–Crippen LogP) is 3.62. The number of amides is 2. The van der Waals surface area contributed by atoms with E-state index in [-0.39, 0.29) is 12.2 Å². The molecule has 1 unspecified atom stereocenters. The van der Waals surface area contributed by atoms with Crippen LogP contribution in [0.15, 0.2) is 64.0 Å². The predicted molar refractivity (Wildman–Crippen MR) is 99.0 cm³/mol. The van der Waals surface area contributed by atoms with Gasteiger partial charge in [-0.25, -0.2) is 9.69 Å². The normalized spacial score (nSPS) is 16.7. The van der Waals surface area contributed by atoms with Gasteiger partial charge in [-0.15, -0.1) is 0 Å². The van der Waals surface area contributed by atoms with Crippen molar-refractivity contribution < 1.29 is 14.3 Å². The summed E-state index contributed by atoms with van der Waals surface area (Å²) in [5, 5.41) is 0.369. The fourth-order valence-corrected chi connectivity index (χ4v) is 3.41. The molecule has 2 amide bonds. The molecule has 130 valence electrons. The first-order valence-electron chi connectivity index (χ1n) is 7.92. The van der Waals surface area contributed by atoms with Gasteiger partial charge in [-0.05, 0) is 23.8 Å². The molecule has 3 aromatic rings. The van der Waals surface area contributed by atoms with Crippen LogP contribution < -0.4 is 5.43 Å².